The molecule has 1 atom stereocenters. The maximum absolute atomic E-state index is 12.7. The number of carbonyl (C=O) groups is 1. The second-order valence-electron chi connectivity index (χ2n) is 8.02. The van der Waals surface area contributed by atoms with Crippen LogP contribution in [0.1, 0.15) is 44.7 Å². The lowest BCUT2D eigenvalue weighted by molar-refractivity contribution is -0.158. The molecule has 0 saturated carbocycles. The number of carbonyl (C=O) groups excluding carboxylic acids is 1. The lowest BCUT2D eigenvalue weighted by Gasteiger charge is -2.41. The van der Waals surface area contributed by atoms with E-state index in [0.29, 0.717) is 26.1 Å². The Hall–Kier alpha value is -1.39. The van der Waals surface area contributed by atoms with Crippen LogP contribution in [0.15, 0.2) is 24.3 Å². The Morgan fingerprint density at radius 3 is 2.74 bits per heavy atom. The summed E-state index contributed by atoms with van der Waals surface area (Å²) in [4.78, 5) is 14.5. The number of aryl methyl sites for hydroxylation is 1. The zero-order valence-corrected chi connectivity index (χ0v) is 14.9. The number of hydrogen-bond donors (Lipinski definition) is 2. The normalized spacial score (nSPS) is 22.5. The molecule has 1 aromatic rings. The van der Waals surface area contributed by atoms with Crippen molar-refractivity contribution in [1.82, 2.24) is 10.2 Å². The van der Waals surface area contributed by atoms with Crippen molar-refractivity contribution in [3.05, 3.63) is 35.4 Å². The van der Waals surface area contributed by atoms with Crippen molar-refractivity contribution in [2.75, 3.05) is 19.6 Å². The summed E-state index contributed by atoms with van der Waals surface area (Å²) in [7, 11) is 0. The fraction of sp³-hybridized carbons (Fsp3) is 0.632. The lowest BCUT2D eigenvalue weighted by Crippen LogP contribution is -2.59. The fourth-order valence-electron chi connectivity index (χ4n) is 3.19. The van der Waals surface area contributed by atoms with E-state index < -0.39 is 5.60 Å². The predicted molar refractivity (Wildman–Crippen MR) is 93.1 cm³/mol. The van der Waals surface area contributed by atoms with Crippen molar-refractivity contribution in [3.8, 4) is 0 Å². The second-order valence-corrected chi connectivity index (χ2v) is 8.02. The Labute approximate surface area is 139 Å². The van der Waals surface area contributed by atoms with Crippen LogP contribution in [0.25, 0.3) is 0 Å². The highest BCUT2D eigenvalue weighted by atomic mass is 16.3. The summed E-state index contributed by atoms with van der Waals surface area (Å²) in [6, 6.07) is 8.26. The average molecular weight is 318 g/mol. The average Bonchev–Trinajstić information content (AvgIpc) is 2.43. The largest absolute Gasteiger partial charge is 0.379 e. The molecule has 0 aliphatic carbocycles. The summed E-state index contributed by atoms with van der Waals surface area (Å²) in [5.41, 5.74) is 1.16. The highest BCUT2D eigenvalue weighted by molar-refractivity contribution is 5.86. The van der Waals surface area contributed by atoms with Gasteiger partial charge in [-0.05, 0) is 30.7 Å². The molecule has 4 nitrogen and oxygen atoms in total. The van der Waals surface area contributed by atoms with E-state index in [9.17, 15) is 9.90 Å². The summed E-state index contributed by atoms with van der Waals surface area (Å²) in [6.45, 7) is 10.8. The van der Waals surface area contributed by atoms with E-state index in [1.807, 2.05) is 11.0 Å². The van der Waals surface area contributed by atoms with Crippen LogP contribution in [-0.4, -0.2) is 41.1 Å². The van der Waals surface area contributed by atoms with Crippen molar-refractivity contribution in [2.45, 2.75) is 52.7 Å². The van der Waals surface area contributed by atoms with Gasteiger partial charge in [-0.2, -0.15) is 0 Å². The number of aliphatic hydroxyl groups is 1. The van der Waals surface area contributed by atoms with Crippen LogP contribution in [0.3, 0.4) is 0 Å². The third-order valence-corrected chi connectivity index (χ3v) is 4.20. The van der Waals surface area contributed by atoms with Crippen molar-refractivity contribution in [2.24, 2.45) is 5.41 Å². The molecule has 1 fully saturated rings. The number of rotatable bonds is 5. The predicted octanol–water partition coefficient (Wildman–Crippen LogP) is 2.48. The van der Waals surface area contributed by atoms with Gasteiger partial charge < -0.3 is 15.3 Å². The van der Waals surface area contributed by atoms with Crippen LogP contribution in [0.5, 0.6) is 0 Å². The molecule has 2 N–H and O–H groups in total. The van der Waals surface area contributed by atoms with Gasteiger partial charge in [0.15, 0.2) is 5.60 Å². The first-order chi connectivity index (χ1) is 10.7. The summed E-state index contributed by atoms with van der Waals surface area (Å²) in [5.74, 6) is -0.129. The number of amides is 1. The van der Waals surface area contributed by atoms with Crippen molar-refractivity contribution in [3.63, 3.8) is 0 Å². The van der Waals surface area contributed by atoms with E-state index in [4.69, 9.17) is 0 Å². The topological polar surface area (TPSA) is 52.6 Å². The first-order valence-electron chi connectivity index (χ1n) is 8.48. The Morgan fingerprint density at radius 2 is 2.09 bits per heavy atom. The van der Waals surface area contributed by atoms with Crippen LogP contribution < -0.4 is 5.32 Å². The minimum Gasteiger partial charge on any atom is -0.379 e. The molecule has 0 spiro atoms. The quantitative estimate of drug-likeness (QED) is 0.877. The van der Waals surface area contributed by atoms with Gasteiger partial charge in [0.05, 0.1) is 0 Å². The van der Waals surface area contributed by atoms with Crippen LogP contribution in [0, 0.1) is 12.3 Å². The lowest BCUT2D eigenvalue weighted by atomic mass is 9.88. The molecule has 1 aromatic carbocycles. The van der Waals surface area contributed by atoms with E-state index in [-0.39, 0.29) is 11.3 Å². The molecule has 1 saturated heterocycles. The van der Waals surface area contributed by atoms with Crippen LogP contribution >= 0.6 is 0 Å². The first kappa shape index (κ1) is 18.0. The van der Waals surface area contributed by atoms with Gasteiger partial charge in [0, 0.05) is 26.2 Å². The van der Waals surface area contributed by atoms with E-state index in [1.165, 1.54) is 11.1 Å². The van der Waals surface area contributed by atoms with Crippen LogP contribution in [0.2, 0.25) is 0 Å². The molecule has 1 aliphatic rings. The Balaban J connectivity index is 1.93. The van der Waals surface area contributed by atoms with Gasteiger partial charge in [-0.1, -0.05) is 50.6 Å². The van der Waals surface area contributed by atoms with Gasteiger partial charge in [-0.25, -0.2) is 0 Å². The minimum atomic E-state index is -1.27. The van der Waals surface area contributed by atoms with Gasteiger partial charge in [0.2, 0.25) is 0 Å². The summed E-state index contributed by atoms with van der Waals surface area (Å²) < 4.78 is 0. The van der Waals surface area contributed by atoms with Crippen LogP contribution in [-0.2, 0) is 11.3 Å². The van der Waals surface area contributed by atoms with Crippen molar-refractivity contribution in [1.29, 1.82) is 0 Å². The zero-order chi connectivity index (χ0) is 17.1. The molecule has 1 aliphatic heterocycles. The van der Waals surface area contributed by atoms with Gasteiger partial charge in [-0.15, -0.1) is 0 Å². The zero-order valence-electron chi connectivity index (χ0n) is 14.9. The smallest absolute Gasteiger partial charge is 0.255 e. The maximum atomic E-state index is 12.7. The molecule has 1 amide bonds. The Bertz CT molecular complexity index is 551. The van der Waals surface area contributed by atoms with E-state index in [2.05, 4.69) is 51.2 Å². The standard InChI is InChI=1S/C19H30N2O2/c1-15-7-5-8-16(11-15)12-20-13-19(23)9-6-10-21(17(19)22)14-18(2,3)4/h5,7-8,11,20,23H,6,9-10,12-14H2,1-4H3/t19-/m1/s1. The highest BCUT2D eigenvalue weighted by Crippen LogP contribution is 2.25. The molecule has 128 valence electrons. The number of benzene rings is 1. The van der Waals surface area contributed by atoms with Gasteiger partial charge >= 0.3 is 0 Å². The van der Waals surface area contributed by atoms with Gasteiger partial charge in [0.1, 0.15) is 0 Å². The van der Waals surface area contributed by atoms with Crippen molar-refractivity contribution >= 4 is 5.91 Å². The molecule has 23 heavy (non-hydrogen) atoms. The summed E-state index contributed by atoms with van der Waals surface area (Å²) in [6.07, 6.45) is 1.39. The molecular formula is C19H30N2O2. The number of nitrogens with zero attached hydrogens (tertiary/aromatic N) is 1. The molecule has 4 heteroatoms. The number of nitrogens with one attached hydrogen (secondary N) is 1. The molecule has 0 unspecified atom stereocenters. The summed E-state index contributed by atoms with van der Waals surface area (Å²) >= 11 is 0. The molecule has 0 aromatic heterocycles. The molecular weight excluding hydrogens is 288 g/mol. The first-order valence-corrected chi connectivity index (χ1v) is 8.48. The molecule has 1 heterocycles. The van der Waals surface area contributed by atoms with E-state index >= 15 is 0 Å². The van der Waals surface area contributed by atoms with E-state index in [0.717, 1.165) is 13.0 Å². The SMILES string of the molecule is Cc1cccc(CNC[C@]2(O)CCCN(CC(C)(C)C)C2=O)c1. The highest BCUT2D eigenvalue weighted by Gasteiger charge is 2.42. The molecule has 0 bridgehead atoms. The Kier molecular flexibility index (Phi) is 5.48. The fourth-order valence-corrected chi connectivity index (χ4v) is 3.19. The van der Waals surface area contributed by atoms with Gasteiger partial charge in [0.25, 0.3) is 5.91 Å². The maximum Gasteiger partial charge on any atom is 0.255 e. The summed E-state index contributed by atoms with van der Waals surface area (Å²) in [5, 5.41) is 14.0. The molecule has 2 rings (SSSR count). The number of likely N-dealkylation sites (tertiary alicyclic amines) is 1. The van der Waals surface area contributed by atoms with Crippen LogP contribution in [0.4, 0.5) is 0 Å². The number of piperidine rings is 1. The third-order valence-electron chi connectivity index (χ3n) is 4.20. The second kappa shape index (κ2) is 7.02. The monoisotopic (exact) mass is 318 g/mol. The Morgan fingerprint density at radius 1 is 1.35 bits per heavy atom. The van der Waals surface area contributed by atoms with Gasteiger partial charge in [-0.3, -0.25) is 4.79 Å². The minimum absolute atomic E-state index is 0.0445. The van der Waals surface area contributed by atoms with E-state index in [1.54, 1.807) is 0 Å². The molecule has 0 radical (unpaired) electrons. The third kappa shape index (κ3) is 5.05. The van der Waals surface area contributed by atoms with Crippen molar-refractivity contribution < 1.29 is 9.90 Å². The number of hydrogen-bond acceptors (Lipinski definition) is 3.